The molecule has 2 rings (SSSR count). The highest BCUT2D eigenvalue weighted by Crippen LogP contribution is 2.21. The molecule has 0 aliphatic carbocycles. The van der Waals surface area contributed by atoms with Gasteiger partial charge in [0.15, 0.2) is 0 Å². The van der Waals surface area contributed by atoms with Gasteiger partial charge >= 0.3 is 0 Å². The molecule has 2 aromatic rings. The maximum Gasteiger partial charge on any atom is 0.225 e. The van der Waals surface area contributed by atoms with E-state index in [2.05, 4.69) is 25.1 Å². The third-order valence-electron chi connectivity index (χ3n) is 3.38. The minimum absolute atomic E-state index is 0.256. The number of primary amides is 1. The molecule has 1 atom stereocenters. The smallest absolute Gasteiger partial charge is 0.225 e. The Kier molecular flexibility index (Phi) is 4.35. The first-order valence-corrected chi connectivity index (χ1v) is 6.62. The topological polar surface area (TPSA) is 43.1 Å². The van der Waals surface area contributed by atoms with Crippen molar-refractivity contribution in [2.75, 3.05) is 0 Å². The van der Waals surface area contributed by atoms with E-state index in [0.717, 1.165) is 17.5 Å². The second-order valence-corrected chi connectivity index (χ2v) is 4.74. The Morgan fingerprint density at radius 2 is 1.74 bits per heavy atom. The van der Waals surface area contributed by atoms with E-state index in [0.29, 0.717) is 6.42 Å². The highest BCUT2D eigenvalue weighted by molar-refractivity contribution is 5.82. The highest BCUT2D eigenvalue weighted by Gasteiger charge is 2.18. The van der Waals surface area contributed by atoms with Crippen LogP contribution in [-0.4, -0.2) is 5.91 Å². The van der Waals surface area contributed by atoms with Crippen LogP contribution in [0.4, 0.5) is 0 Å². The van der Waals surface area contributed by atoms with Gasteiger partial charge in [-0.25, -0.2) is 0 Å². The van der Waals surface area contributed by atoms with Crippen molar-refractivity contribution < 1.29 is 4.79 Å². The summed E-state index contributed by atoms with van der Waals surface area (Å²) >= 11 is 0. The number of carbonyl (C=O) groups is 1. The number of amides is 1. The van der Waals surface area contributed by atoms with Crippen LogP contribution in [0.25, 0.3) is 0 Å². The van der Waals surface area contributed by atoms with Gasteiger partial charge in [-0.05, 0) is 29.5 Å². The standard InChI is InChI=1S/C17H19NO/c1-2-13-7-6-8-14(11-13)12-16(17(18)19)15-9-4-3-5-10-15/h3-11,16H,2,12H2,1H3,(H2,18,19). The molecule has 1 amide bonds. The summed E-state index contributed by atoms with van der Waals surface area (Å²) in [5.74, 6) is -0.526. The molecule has 0 saturated heterocycles. The normalized spacial score (nSPS) is 12.1. The SMILES string of the molecule is CCc1cccc(CC(C(N)=O)c2ccccc2)c1. The molecule has 2 N–H and O–H groups in total. The van der Waals surface area contributed by atoms with Crippen LogP contribution >= 0.6 is 0 Å². The maximum atomic E-state index is 11.7. The Morgan fingerprint density at radius 3 is 2.37 bits per heavy atom. The van der Waals surface area contributed by atoms with E-state index < -0.39 is 0 Å². The Hall–Kier alpha value is -2.09. The molecule has 0 fully saturated rings. The Morgan fingerprint density at radius 1 is 1.05 bits per heavy atom. The van der Waals surface area contributed by atoms with E-state index in [1.807, 2.05) is 36.4 Å². The van der Waals surface area contributed by atoms with Gasteiger partial charge in [0.2, 0.25) is 5.91 Å². The molecule has 2 aromatic carbocycles. The molecule has 0 spiro atoms. The van der Waals surface area contributed by atoms with Gasteiger partial charge < -0.3 is 5.73 Å². The summed E-state index contributed by atoms with van der Waals surface area (Å²) in [5.41, 5.74) is 8.98. The lowest BCUT2D eigenvalue weighted by molar-refractivity contribution is -0.119. The molecule has 2 heteroatoms. The number of benzene rings is 2. The van der Waals surface area contributed by atoms with E-state index >= 15 is 0 Å². The van der Waals surface area contributed by atoms with E-state index in [1.54, 1.807) is 0 Å². The Bertz CT molecular complexity index is 548. The highest BCUT2D eigenvalue weighted by atomic mass is 16.1. The predicted molar refractivity (Wildman–Crippen MR) is 77.9 cm³/mol. The molecular formula is C17H19NO. The molecule has 0 radical (unpaired) electrons. The quantitative estimate of drug-likeness (QED) is 0.874. The van der Waals surface area contributed by atoms with Crippen LogP contribution in [0.15, 0.2) is 54.6 Å². The first-order chi connectivity index (χ1) is 9.20. The van der Waals surface area contributed by atoms with Crippen molar-refractivity contribution in [1.29, 1.82) is 0 Å². The Labute approximate surface area is 114 Å². The monoisotopic (exact) mass is 253 g/mol. The lowest BCUT2D eigenvalue weighted by Crippen LogP contribution is -2.23. The van der Waals surface area contributed by atoms with Crippen LogP contribution in [0.1, 0.15) is 29.5 Å². The fourth-order valence-corrected chi connectivity index (χ4v) is 2.28. The molecule has 1 unspecified atom stereocenters. The fourth-order valence-electron chi connectivity index (χ4n) is 2.28. The molecule has 0 aliphatic rings. The molecule has 0 aliphatic heterocycles. The van der Waals surface area contributed by atoms with Gasteiger partial charge in [0.1, 0.15) is 0 Å². The zero-order chi connectivity index (χ0) is 13.7. The number of rotatable bonds is 5. The van der Waals surface area contributed by atoms with Gasteiger partial charge in [-0.1, -0.05) is 61.5 Å². The summed E-state index contributed by atoms with van der Waals surface area (Å²) in [5, 5.41) is 0. The molecule has 98 valence electrons. The van der Waals surface area contributed by atoms with Crippen molar-refractivity contribution in [3.8, 4) is 0 Å². The molecular weight excluding hydrogens is 234 g/mol. The lowest BCUT2D eigenvalue weighted by atomic mass is 9.91. The van der Waals surface area contributed by atoms with Crippen LogP contribution < -0.4 is 5.73 Å². The third kappa shape index (κ3) is 3.44. The van der Waals surface area contributed by atoms with Gasteiger partial charge in [0.05, 0.1) is 5.92 Å². The van der Waals surface area contributed by atoms with Crippen LogP contribution in [0, 0.1) is 0 Å². The summed E-state index contributed by atoms with van der Waals surface area (Å²) in [6.45, 7) is 2.13. The zero-order valence-electron chi connectivity index (χ0n) is 11.2. The molecule has 0 aromatic heterocycles. The number of hydrogen-bond acceptors (Lipinski definition) is 1. The van der Waals surface area contributed by atoms with Crippen molar-refractivity contribution in [3.05, 3.63) is 71.3 Å². The predicted octanol–water partition coefficient (Wildman–Crippen LogP) is 3.06. The van der Waals surface area contributed by atoms with E-state index in [1.165, 1.54) is 5.56 Å². The maximum absolute atomic E-state index is 11.7. The molecule has 0 bridgehead atoms. The Balaban J connectivity index is 2.24. The fraction of sp³-hybridized carbons (Fsp3) is 0.235. The van der Waals surface area contributed by atoms with Crippen molar-refractivity contribution in [1.82, 2.24) is 0 Å². The second-order valence-electron chi connectivity index (χ2n) is 4.74. The van der Waals surface area contributed by atoms with Gasteiger partial charge in [0, 0.05) is 0 Å². The van der Waals surface area contributed by atoms with Crippen molar-refractivity contribution >= 4 is 5.91 Å². The first-order valence-electron chi connectivity index (χ1n) is 6.62. The van der Waals surface area contributed by atoms with Crippen molar-refractivity contribution in [3.63, 3.8) is 0 Å². The summed E-state index contributed by atoms with van der Waals surface area (Å²) in [6.07, 6.45) is 1.66. The van der Waals surface area contributed by atoms with E-state index in [4.69, 9.17) is 5.73 Å². The van der Waals surface area contributed by atoms with Crippen LogP contribution in [0.2, 0.25) is 0 Å². The number of hydrogen-bond donors (Lipinski definition) is 1. The average Bonchev–Trinajstić information content (AvgIpc) is 2.45. The summed E-state index contributed by atoms with van der Waals surface area (Å²) < 4.78 is 0. The van der Waals surface area contributed by atoms with Crippen LogP contribution in [0.3, 0.4) is 0 Å². The van der Waals surface area contributed by atoms with Gasteiger partial charge in [-0.2, -0.15) is 0 Å². The van der Waals surface area contributed by atoms with Gasteiger partial charge in [-0.15, -0.1) is 0 Å². The zero-order valence-corrected chi connectivity index (χ0v) is 11.2. The van der Waals surface area contributed by atoms with Crippen LogP contribution in [-0.2, 0) is 17.6 Å². The molecule has 0 heterocycles. The third-order valence-corrected chi connectivity index (χ3v) is 3.38. The average molecular weight is 253 g/mol. The molecule has 19 heavy (non-hydrogen) atoms. The minimum Gasteiger partial charge on any atom is -0.369 e. The summed E-state index contributed by atoms with van der Waals surface area (Å²) in [6, 6.07) is 18.1. The van der Waals surface area contributed by atoms with Crippen molar-refractivity contribution in [2.24, 2.45) is 5.73 Å². The first kappa shape index (κ1) is 13.3. The summed E-state index contributed by atoms with van der Waals surface area (Å²) in [4.78, 5) is 11.7. The van der Waals surface area contributed by atoms with Crippen LogP contribution in [0.5, 0.6) is 0 Å². The van der Waals surface area contributed by atoms with Gasteiger partial charge in [-0.3, -0.25) is 4.79 Å². The molecule has 2 nitrogen and oxygen atoms in total. The number of carbonyl (C=O) groups excluding carboxylic acids is 1. The van der Waals surface area contributed by atoms with Gasteiger partial charge in [0.25, 0.3) is 0 Å². The summed E-state index contributed by atoms with van der Waals surface area (Å²) in [7, 11) is 0. The van der Waals surface area contributed by atoms with E-state index in [-0.39, 0.29) is 11.8 Å². The second kappa shape index (κ2) is 6.19. The molecule has 0 saturated carbocycles. The lowest BCUT2D eigenvalue weighted by Gasteiger charge is -2.14. The number of nitrogens with two attached hydrogens (primary N) is 1. The van der Waals surface area contributed by atoms with E-state index in [9.17, 15) is 4.79 Å². The largest absolute Gasteiger partial charge is 0.369 e. The van der Waals surface area contributed by atoms with Crippen molar-refractivity contribution in [2.45, 2.75) is 25.7 Å². The minimum atomic E-state index is -0.270. The number of aryl methyl sites for hydroxylation is 1.